The van der Waals surface area contributed by atoms with Crippen molar-refractivity contribution >= 4 is 22.6 Å². The Kier molecular flexibility index (Phi) is 5.33. The molecule has 0 aliphatic carbocycles. The van der Waals surface area contributed by atoms with Crippen LogP contribution in [0, 0.1) is 6.92 Å². The molecule has 1 fully saturated rings. The molecule has 3 heterocycles. The van der Waals surface area contributed by atoms with Crippen LogP contribution in [0.2, 0.25) is 5.02 Å². The molecular formula is C20H23ClN4O5. The lowest BCUT2D eigenvalue weighted by Crippen LogP contribution is -2.47. The number of rotatable bonds is 4. The highest BCUT2D eigenvalue weighted by atomic mass is 35.5. The Balaban J connectivity index is 1.72. The van der Waals surface area contributed by atoms with E-state index in [2.05, 4.69) is 15.1 Å². The van der Waals surface area contributed by atoms with Gasteiger partial charge in [-0.25, -0.2) is 4.98 Å². The van der Waals surface area contributed by atoms with E-state index in [0.717, 1.165) is 5.56 Å². The van der Waals surface area contributed by atoms with Crippen molar-refractivity contribution < 1.29 is 24.9 Å². The van der Waals surface area contributed by atoms with Crippen LogP contribution in [0.4, 0.5) is 0 Å². The molecule has 2 aromatic heterocycles. The molecule has 30 heavy (non-hydrogen) atoms. The molecule has 0 saturated carbocycles. The van der Waals surface area contributed by atoms with Crippen LogP contribution in [-0.2, 0) is 9.57 Å². The monoisotopic (exact) mass is 434 g/mol. The Morgan fingerprint density at radius 3 is 2.87 bits per heavy atom. The van der Waals surface area contributed by atoms with Crippen LogP contribution in [0.3, 0.4) is 0 Å². The van der Waals surface area contributed by atoms with Crippen molar-refractivity contribution in [1.29, 1.82) is 0 Å². The van der Waals surface area contributed by atoms with Crippen LogP contribution in [0.5, 0.6) is 0 Å². The quantitative estimate of drug-likeness (QED) is 0.461. The first-order valence-electron chi connectivity index (χ1n) is 9.37. The van der Waals surface area contributed by atoms with Crippen LogP contribution < -0.4 is 5.49 Å². The lowest BCUT2D eigenvalue weighted by Gasteiger charge is -2.30. The summed E-state index contributed by atoms with van der Waals surface area (Å²) in [6, 6.07) is 6.82. The molecule has 4 N–H and O–H groups in total. The number of hydrogen-bond donors (Lipinski definition) is 4. The van der Waals surface area contributed by atoms with Gasteiger partial charge in [0.1, 0.15) is 36.7 Å². The SMILES string of the molecule is CON=c1nc[nH]c2c1ccn2[C@@H]1O[C@H](C(O)c2ccc(Cl)c(C)c2)[C@@](C)(O)[C@H]1O. The second-order valence-corrected chi connectivity index (χ2v) is 7.96. The van der Waals surface area contributed by atoms with Crippen molar-refractivity contribution in [1.82, 2.24) is 14.5 Å². The number of aromatic nitrogens is 3. The summed E-state index contributed by atoms with van der Waals surface area (Å²) < 4.78 is 7.63. The number of aliphatic hydroxyl groups is 3. The number of aliphatic hydroxyl groups excluding tert-OH is 2. The van der Waals surface area contributed by atoms with E-state index in [1.807, 2.05) is 6.92 Å². The molecule has 0 bridgehead atoms. The van der Waals surface area contributed by atoms with Crippen LogP contribution >= 0.6 is 11.6 Å². The molecule has 0 spiro atoms. The number of fused-ring (bicyclic) bond motifs is 1. The fourth-order valence-corrected chi connectivity index (χ4v) is 3.95. The zero-order valence-electron chi connectivity index (χ0n) is 16.7. The van der Waals surface area contributed by atoms with Gasteiger partial charge in [0, 0.05) is 11.2 Å². The van der Waals surface area contributed by atoms with E-state index in [0.29, 0.717) is 27.1 Å². The molecule has 10 heteroatoms. The minimum atomic E-state index is -1.72. The highest BCUT2D eigenvalue weighted by Crippen LogP contribution is 2.43. The van der Waals surface area contributed by atoms with Crippen molar-refractivity contribution in [2.45, 2.75) is 44.0 Å². The van der Waals surface area contributed by atoms with Crippen LogP contribution in [0.1, 0.15) is 30.4 Å². The summed E-state index contributed by atoms with van der Waals surface area (Å²) in [7, 11) is 1.42. The standard InChI is InChI=1S/C20H23ClN4O5/c1-10-8-11(4-5-13(10)21)14(26)16-20(2,28)15(27)19(30-16)25-7-6-12-17(24-29-3)22-9-23-18(12)25/h4-9,14-16,19,26-28H,1-3H3,(H,22,23,24)/t14?,15-,16+,19+,20-/m0/s1. The summed E-state index contributed by atoms with van der Waals surface area (Å²) in [6.45, 7) is 3.26. The van der Waals surface area contributed by atoms with Crippen molar-refractivity contribution in [3.8, 4) is 0 Å². The Morgan fingerprint density at radius 2 is 2.17 bits per heavy atom. The number of halogens is 1. The molecule has 0 amide bonds. The third kappa shape index (κ3) is 3.28. The summed E-state index contributed by atoms with van der Waals surface area (Å²) in [5.41, 5.74) is 0.525. The molecular weight excluding hydrogens is 412 g/mol. The van der Waals surface area contributed by atoms with E-state index in [9.17, 15) is 15.3 Å². The zero-order valence-corrected chi connectivity index (χ0v) is 17.4. The Labute approximate surface area is 177 Å². The minimum Gasteiger partial charge on any atom is -0.397 e. The maximum Gasteiger partial charge on any atom is 0.203 e. The normalized spacial score (nSPS) is 28.2. The Hall–Kier alpha value is -2.43. The number of aromatic amines is 1. The van der Waals surface area contributed by atoms with Crippen LogP contribution in [0.15, 0.2) is 41.9 Å². The summed E-state index contributed by atoms with van der Waals surface area (Å²) in [4.78, 5) is 11.9. The molecule has 1 saturated heterocycles. The molecule has 1 aliphatic heterocycles. The third-order valence-corrected chi connectivity index (χ3v) is 5.96. The van der Waals surface area contributed by atoms with E-state index in [4.69, 9.17) is 21.2 Å². The van der Waals surface area contributed by atoms with Gasteiger partial charge in [0.05, 0.1) is 11.7 Å². The van der Waals surface area contributed by atoms with Gasteiger partial charge in [0.25, 0.3) is 0 Å². The number of hydrogen-bond acceptors (Lipinski definition) is 7. The van der Waals surface area contributed by atoms with Gasteiger partial charge in [-0.1, -0.05) is 28.9 Å². The van der Waals surface area contributed by atoms with E-state index in [1.165, 1.54) is 20.4 Å². The van der Waals surface area contributed by atoms with Gasteiger partial charge in [-0.2, -0.15) is 0 Å². The number of H-pyrrole nitrogens is 1. The van der Waals surface area contributed by atoms with Gasteiger partial charge in [0.2, 0.25) is 5.49 Å². The molecule has 1 aromatic carbocycles. The second-order valence-electron chi connectivity index (χ2n) is 7.56. The molecule has 3 aromatic rings. The molecule has 1 aliphatic rings. The minimum absolute atomic E-state index is 0.359. The van der Waals surface area contributed by atoms with Crippen LogP contribution in [-0.4, -0.2) is 54.8 Å². The highest BCUT2D eigenvalue weighted by Gasteiger charge is 2.55. The lowest BCUT2D eigenvalue weighted by atomic mass is 9.88. The molecule has 160 valence electrons. The highest BCUT2D eigenvalue weighted by molar-refractivity contribution is 6.31. The fourth-order valence-electron chi connectivity index (χ4n) is 3.83. The molecule has 1 unspecified atom stereocenters. The first kappa shape index (κ1) is 20.8. The smallest absolute Gasteiger partial charge is 0.203 e. The average Bonchev–Trinajstić information content (AvgIpc) is 3.24. The summed E-state index contributed by atoms with van der Waals surface area (Å²) in [5, 5.41) is 37.9. The topological polar surface area (TPSA) is 125 Å². The predicted molar refractivity (Wildman–Crippen MR) is 108 cm³/mol. The number of nitrogens with zero attached hydrogens (tertiary/aromatic N) is 3. The number of ether oxygens (including phenoxy) is 1. The van der Waals surface area contributed by atoms with Gasteiger partial charge in [0.15, 0.2) is 6.23 Å². The number of benzene rings is 1. The van der Waals surface area contributed by atoms with E-state index >= 15 is 0 Å². The molecule has 4 rings (SSSR count). The third-order valence-electron chi connectivity index (χ3n) is 5.54. The first-order valence-corrected chi connectivity index (χ1v) is 9.75. The number of aryl methyl sites for hydroxylation is 1. The predicted octanol–water partition coefficient (Wildman–Crippen LogP) is 1.53. The van der Waals surface area contributed by atoms with Gasteiger partial charge >= 0.3 is 0 Å². The summed E-state index contributed by atoms with van der Waals surface area (Å²) in [6.07, 6.45) is -1.41. The fraction of sp³-hybridized carbons (Fsp3) is 0.400. The lowest BCUT2D eigenvalue weighted by molar-refractivity contribution is -0.115. The van der Waals surface area contributed by atoms with Crippen molar-refractivity contribution in [2.24, 2.45) is 5.16 Å². The molecule has 0 radical (unpaired) electrons. The van der Waals surface area contributed by atoms with E-state index in [1.54, 1.807) is 35.0 Å². The van der Waals surface area contributed by atoms with Crippen molar-refractivity contribution in [2.75, 3.05) is 7.11 Å². The van der Waals surface area contributed by atoms with Crippen molar-refractivity contribution in [3.63, 3.8) is 0 Å². The maximum atomic E-state index is 11.0. The van der Waals surface area contributed by atoms with E-state index < -0.39 is 30.1 Å². The largest absolute Gasteiger partial charge is 0.397 e. The van der Waals surface area contributed by atoms with Gasteiger partial charge in [-0.3, -0.25) is 0 Å². The number of nitrogens with one attached hydrogen (secondary N) is 1. The Bertz CT molecular complexity index is 1140. The molecule has 5 atom stereocenters. The van der Waals surface area contributed by atoms with Crippen molar-refractivity contribution in [3.05, 3.63) is 58.4 Å². The zero-order chi connectivity index (χ0) is 21.6. The summed E-state index contributed by atoms with van der Waals surface area (Å²) >= 11 is 6.07. The molecule has 9 nitrogen and oxygen atoms in total. The first-order chi connectivity index (χ1) is 14.3. The second kappa shape index (κ2) is 7.68. The van der Waals surface area contributed by atoms with Gasteiger partial charge in [-0.05, 0) is 37.1 Å². The maximum absolute atomic E-state index is 11.0. The van der Waals surface area contributed by atoms with E-state index in [-0.39, 0.29) is 0 Å². The average molecular weight is 435 g/mol. The van der Waals surface area contributed by atoms with Gasteiger partial charge < -0.3 is 34.4 Å². The Morgan fingerprint density at radius 1 is 1.40 bits per heavy atom. The van der Waals surface area contributed by atoms with Gasteiger partial charge in [-0.15, -0.1) is 0 Å². The summed E-state index contributed by atoms with van der Waals surface area (Å²) in [5.74, 6) is 0. The van der Waals surface area contributed by atoms with Crippen LogP contribution in [0.25, 0.3) is 11.0 Å².